The van der Waals surface area contributed by atoms with Gasteiger partial charge in [0.05, 0.1) is 10.4 Å². The summed E-state index contributed by atoms with van der Waals surface area (Å²) in [5, 5.41) is 4.48. The van der Waals surface area contributed by atoms with Gasteiger partial charge in [-0.15, -0.1) is 11.3 Å². The molecule has 0 saturated carbocycles. The van der Waals surface area contributed by atoms with Gasteiger partial charge in [-0.05, 0) is 41.8 Å². The van der Waals surface area contributed by atoms with Crippen LogP contribution in [0.4, 0.5) is 10.1 Å². The van der Waals surface area contributed by atoms with Gasteiger partial charge in [0.1, 0.15) is 5.82 Å². The van der Waals surface area contributed by atoms with Gasteiger partial charge in [-0.25, -0.2) is 4.39 Å². The topological polar surface area (TPSA) is 87.3 Å². The average Bonchev–Trinajstić information content (AvgIpc) is 3.21. The number of halogens is 1. The van der Waals surface area contributed by atoms with E-state index in [-0.39, 0.29) is 17.0 Å². The van der Waals surface area contributed by atoms with Crippen molar-refractivity contribution < 1.29 is 18.8 Å². The number of carbonyl (C=O) groups is 3. The van der Waals surface area contributed by atoms with E-state index in [0.717, 1.165) is 6.07 Å². The van der Waals surface area contributed by atoms with Gasteiger partial charge in [0, 0.05) is 11.3 Å². The van der Waals surface area contributed by atoms with E-state index in [1.54, 1.807) is 29.6 Å². The summed E-state index contributed by atoms with van der Waals surface area (Å²) in [4.78, 5) is 36.7. The fraction of sp³-hybridized carbons (Fsp3) is 0. The molecule has 0 aliphatic heterocycles. The van der Waals surface area contributed by atoms with Gasteiger partial charge in [0.2, 0.25) is 0 Å². The number of hydrazine groups is 1. The fourth-order valence-electron chi connectivity index (χ4n) is 2.24. The molecule has 0 aliphatic carbocycles. The first-order valence-corrected chi connectivity index (χ1v) is 8.72. The van der Waals surface area contributed by atoms with Crippen LogP contribution < -0.4 is 16.2 Å². The number of hydrogen-bond acceptors (Lipinski definition) is 4. The Bertz CT molecular complexity index is 989. The van der Waals surface area contributed by atoms with Crippen molar-refractivity contribution >= 4 is 34.7 Å². The van der Waals surface area contributed by atoms with E-state index in [9.17, 15) is 18.8 Å². The molecule has 0 saturated heterocycles. The summed E-state index contributed by atoms with van der Waals surface area (Å²) in [5.74, 6) is -2.35. The lowest BCUT2D eigenvalue weighted by Gasteiger charge is -2.09. The number of nitrogens with one attached hydrogen (secondary N) is 3. The van der Waals surface area contributed by atoms with E-state index in [1.807, 2.05) is 0 Å². The van der Waals surface area contributed by atoms with Gasteiger partial charge in [-0.1, -0.05) is 24.3 Å². The Hall–Kier alpha value is -3.52. The third kappa shape index (κ3) is 4.56. The molecule has 3 amide bonds. The van der Waals surface area contributed by atoms with E-state index in [4.69, 9.17) is 0 Å². The first-order valence-electron chi connectivity index (χ1n) is 7.85. The summed E-state index contributed by atoms with van der Waals surface area (Å²) >= 11 is 1.30. The van der Waals surface area contributed by atoms with Crippen molar-refractivity contribution in [2.45, 2.75) is 0 Å². The van der Waals surface area contributed by atoms with Crippen molar-refractivity contribution in [3.63, 3.8) is 0 Å². The SMILES string of the molecule is O=C(NNC(=O)c1ccccc1F)c1cccc(NC(=O)c2cccs2)c1. The molecule has 27 heavy (non-hydrogen) atoms. The lowest BCUT2D eigenvalue weighted by Crippen LogP contribution is -2.41. The Labute approximate surface area is 158 Å². The van der Waals surface area contributed by atoms with Crippen LogP contribution in [0.15, 0.2) is 66.0 Å². The van der Waals surface area contributed by atoms with Gasteiger partial charge in [0.15, 0.2) is 0 Å². The summed E-state index contributed by atoms with van der Waals surface area (Å²) in [5.41, 5.74) is 4.84. The van der Waals surface area contributed by atoms with Gasteiger partial charge in [-0.2, -0.15) is 0 Å². The molecule has 0 unspecified atom stereocenters. The zero-order valence-electron chi connectivity index (χ0n) is 13.9. The number of anilines is 1. The molecule has 0 fully saturated rings. The van der Waals surface area contributed by atoms with Crippen molar-refractivity contribution in [3.8, 4) is 0 Å². The van der Waals surface area contributed by atoms with Gasteiger partial charge >= 0.3 is 0 Å². The summed E-state index contributed by atoms with van der Waals surface area (Å²) < 4.78 is 13.6. The smallest absolute Gasteiger partial charge is 0.272 e. The molecule has 3 aromatic rings. The predicted octanol–water partition coefficient (Wildman–Crippen LogP) is 3.21. The minimum absolute atomic E-state index is 0.185. The monoisotopic (exact) mass is 383 g/mol. The summed E-state index contributed by atoms with van der Waals surface area (Å²) in [6.07, 6.45) is 0. The first kappa shape index (κ1) is 18.3. The number of hydrogen-bond donors (Lipinski definition) is 3. The Morgan fingerprint density at radius 2 is 1.59 bits per heavy atom. The molecular formula is C19H14FN3O3S. The van der Waals surface area contributed by atoms with Crippen LogP contribution in [0.5, 0.6) is 0 Å². The molecule has 8 heteroatoms. The molecule has 3 N–H and O–H groups in total. The molecule has 2 aromatic carbocycles. The van der Waals surface area contributed by atoms with Crippen LogP contribution in [0.3, 0.4) is 0 Å². The quantitative estimate of drug-likeness (QED) is 0.605. The predicted molar refractivity (Wildman–Crippen MR) is 100 cm³/mol. The van der Waals surface area contributed by atoms with Crippen molar-refractivity contribution in [1.29, 1.82) is 0 Å². The number of thiophene rings is 1. The Morgan fingerprint density at radius 1 is 0.815 bits per heavy atom. The van der Waals surface area contributed by atoms with Crippen LogP contribution in [0.25, 0.3) is 0 Å². The second-order valence-corrected chi connectivity index (χ2v) is 6.35. The van der Waals surface area contributed by atoms with Crippen molar-refractivity contribution in [2.75, 3.05) is 5.32 Å². The highest BCUT2D eigenvalue weighted by atomic mass is 32.1. The van der Waals surface area contributed by atoms with Crippen molar-refractivity contribution in [3.05, 3.63) is 87.9 Å². The minimum atomic E-state index is -0.774. The number of amides is 3. The van der Waals surface area contributed by atoms with Gasteiger partial charge in [0.25, 0.3) is 17.7 Å². The largest absolute Gasteiger partial charge is 0.321 e. The van der Waals surface area contributed by atoms with Crippen LogP contribution >= 0.6 is 11.3 Å². The van der Waals surface area contributed by atoms with E-state index < -0.39 is 17.6 Å². The van der Waals surface area contributed by atoms with Crippen LogP contribution in [-0.4, -0.2) is 17.7 Å². The molecule has 0 aliphatic rings. The molecule has 1 aromatic heterocycles. The molecule has 136 valence electrons. The second-order valence-electron chi connectivity index (χ2n) is 5.40. The van der Waals surface area contributed by atoms with Gasteiger partial charge in [-0.3, -0.25) is 25.2 Å². The van der Waals surface area contributed by atoms with Crippen LogP contribution in [0.1, 0.15) is 30.4 Å². The van der Waals surface area contributed by atoms with Crippen LogP contribution in [0.2, 0.25) is 0 Å². The van der Waals surface area contributed by atoms with Crippen molar-refractivity contribution in [2.24, 2.45) is 0 Å². The number of rotatable bonds is 4. The number of carbonyl (C=O) groups excluding carboxylic acids is 3. The van der Waals surface area contributed by atoms with Gasteiger partial charge < -0.3 is 5.32 Å². The lowest BCUT2D eigenvalue weighted by molar-refractivity contribution is 0.0844. The molecule has 1 heterocycles. The zero-order valence-corrected chi connectivity index (χ0v) is 14.7. The highest BCUT2D eigenvalue weighted by Gasteiger charge is 2.13. The highest BCUT2D eigenvalue weighted by molar-refractivity contribution is 7.12. The van der Waals surface area contributed by atoms with Crippen LogP contribution in [-0.2, 0) is 0 Å². The third-order valence-corrected chi connectivity index (χ3v) is 4.40. The summed E-state index contributed by atoms with van der Waals surface area (Å²) in [6.45, 7) is 0. The van der Waals surface area contributed by atoms with E-state index >= 15 is 0 Å². The van der Waals surface area contributed by atoms with Crippen LogP contribution in [0, 0.1) is 5.82 Å². The van der Waals surface area contributed by atoms with E-state index in [1.165, 1.54) is 41.7 Å². The average molecular weight is 383 g/mol. The van der Waals surface area contributed by atoms with E-state index in [2.05, 4.69) is 16.2 Å². The molecule has 0 atom stereocenters. The zero-order chi connectivity index (χ0) is 19.2. The molecule has 6 nitrogen and oxygen atoms in total. The molecular weight excluding hydrogens is 369 g/mol. The summed E-state index contributed by atoms with van der Waals surface area (Å²) in [7, 11) is 0. The third-order valence-electron chi connectivity index (χ3n) is 3.54. The Kier molecular flexibility index (Phi) is 5.58. The molecule has 3 rings (SSSR count). The highest BCUT2D eigenvalue weighted by Crippen LogP contribution is 2.15. The molecule has 0 radical (unpaired) electrons. The normalized spacial score (nSPS) is 10.1. The fourth-order valence-corrected chi connectivity index (χ4v) is 2.86. The molecule has 0 spiro atoms. The summed E-state index contributed by atoms with van der Waals surface area (Å²) in [6, 6.07) is 15.1. The van der Waals surface area contributed by atoms with Crippen molar-refractivity contribution in [1.82, 2.24) is 10.9 Å². The maximum absolute atomic E-state index is 13.6. The standard InChI is InChI=1S/C19H14FN3O3S/c20-15-8-2-1-7-14(15)18(25)23-22-17(24)12-5-3-6-13(11-12)21-19(26)16-9-4-10-27-16/h1-11H,(H,21,26)(H,22,24)(H,23,25). The molecule has 0 bridgehead atoms. The number of benzene rings is 2. The first-order chi connectivity index (χ1) is 13.0. The minimum Gasteiger partial charge on any atom is -0.321 e. The lowest BCUT2D eigenvalue weighted by atomic mass is 10.2. The maximum Gasteiger partial charge on any atom is 0.272 e. The van der Waals surface area contributed by atoms with E-state index in [0.29, 0.717) is 10.6 Å². The second kappa shape index (κ2) is 8.24. The maximum atomic E-state index is 13.6. The Morgan fingerprint density at radius 3 is 2.33 bits per heavy atom. The Balaban J connectivity index is 1.62.